The predicted octanol–water partition coefficient (Wildman–Crippen LogP) is 5.90. The third-order valence-corrected chi connectivity index (χ3v) is 4.69. The summed E-state index contributed by atoms with van der Waals surface area (Å²) >= 11 is 0. The normalized spacial score (nSPS) is 11.5. The lowest BCUT2D eigenvalue weighted by atomic mass is 10.0. The molecular formula is C23H16F7N5O3. The first kappa shape index (κ1) is 27.9. The molecule has 0 bridgehead atoms. The third-order valence-electron chi connectivity index (χ3n) is 4.69. The summed E-state index contributed by atoms with van der Waals surface area (Å²) in [6, 6.07) is 11.5. The van der Waals surface area contributed by atoms with Gasteiger partial charge in [0.15, 0.2) is 5.65 Å². The molecule has 2 aromatic carbocycles. The first-order chi connectivity index (χ1) is 17.7. The SMILES string of the molecule is CNc1nc(N)nc2nc(-c3c(Oc4ccc(F)cc4)cccc3C(F)(F)F)ccc12.O=C(O)C(F)(F)F. The average Bonchev–Trinajstić information content (AvgIpc) is 2.83. The van der Waals surface area contributed by atoms with E-state index in [2.05, 4.69) is 20.3 Å². The number of carbonyl (C=O) groups is 1. The lowest BCUT2D eigenvalue weighted by Crippen LogP contribution is -2.21. The van der Waals surface area contributed by atoms with E-state index in [1.54, 1.807) is 13.1 Å². The molecule has 8 nitrogen and oxygen atoms in total. The number of nitrogens with zero attached hydrogens (tertiary/aromatic N) is 3. The maximum absolute atomic E-state index is 13.8. The molecule has 0 amide bonds. The number of ether oxygens (including phenoxy) is 1. The van der Waals surface area contributed by atoms with Crippen LogP contribution in [0.15, 0.2) is 54.6 Å². The molecule has 0 saturated heterocycles. The highest BCUT2D eigenvalue weighted by molar-refractivity contribution is 5.89. The number of carboxylic acid groups (broad SMARTS) is 1. The fourth-order valence-corrected chi connectivity index (χ4v) is 3.10. The molecule has 2 aromatic heterocycles. The number of nitrogens with two attached hydrogens (primary N) is 1. The van der Waals surface area contributed by atoms with Gasteiger partial charge in [0.25, 0.3) is 0 Å². The predicted molar refractivity (Wildman–Crippen MR) is 122 cm³/mol. The number of nitrogens with one attached hydrogen (secondary N) is 1. The average molecular weight is 543 g/mol. The largest absolute Gasteiger partial charge is 0.490 e. The van der Waals surface area contributed by atoms with Gasteiger partial charge < -0.3 is 20.9 Å². The number of fused-ring (bicyclic) bond motifs is 1. The van der Waals surface area contributed by atoms with Crippen LogP contribution in [0.3, 0.4) is 0 Å². The molecule has 0 aliphatic carbocycles. The van der Waals surface area contributed by atoms with Gasteiger partial charge >= 0.3 is 18.3 Å². The summed E-state index contributed by atoms with van der Waals surface area (Å²) in [6.45, 7) is 0. The molecule has 4 rings (SSSR count). The zero-order valence-electron chi connectivity index (χ0n) is 19.0. The smallest absolute Gasteiger partial charge is 0.475 e. The van der Waals surface area contributed by atoms with Crippen molar-refractivity contribution in [2.24, 2.45) is 0 Å². The summed E-state index contributed by atoms with van der Waals surface area (Å²) in [5.74, 6) is -2.85. The molecule has 0 aliphatic heterocycles. The molecule has 2 heterocycles. The molecule has 0 atom stereocenters. The second-order valence-corrected chi connectivity index (χ2v) is 7.28. The van der Waals surface area contributed by atoms with Crippen molar-refractivity contribution in [2.75, 3.05) is 18.1 Å². The molecule has 0 spiro atoms. The van der Waals surface area contributed by atoms with Crippen molar-refractivity contribution >= 4 is 28.8 Å². The Hall–Kier alpha value is -4.69. The Bertz CT molecular complexity index is 1460. The molecule has 0 fully saturated rings. The summed E-state index contributed by atoms with van der Waals surface area (Å²) in [5.41, 5.74) is 4.59. The Balaban J connectivity index is 0.000000505. The van der Waals surface area contributed by atoms with Crippen LogP contribution >= 0.6 is 0 Å². The fourth-order valence-electron chi connectivity index (χ4n) is 3.10. The Kier molecular flexibility index (Phi) is 7.88. The topological polar surface area (TPSA) is 123 Å². The van der Waals surface area contributed by atoms with E-state index in [9.17, 15) is 30.7 Å². The standard InChI is InChI=1S/C21H15F4N5O.C2HF3O2/c1-27-18-13-9-10-15(28-19(13)30-20(26)29-18)17-14(21(23,24)25)3-2-4-16(17)31-12-7-5-11(22)6-8-12;3-2(4,5)1(6)7/h2-10H,1H3,(H3,26,27,28,29,30);(H,6,7). The van der Waals surface area contributed by atoms with E-state index < -0.39 is 29.7 Å². The van der Waals surface area contributed by atoms with E-state index in [-0.39, 0.29) is 34.4 Å². The Morgan fingerprint density at radius 1 is 0.947 bits per heavy atom. The molecule has 0 radical (unpaired) electrons. The van der Waals surface area contributed by atoms with Crippen LogP contribution in [0, 0.1) is 5.82 Å². The number of benzene rings is 2. The maximum Gasteiger partial charge on any atom is 0.490 e. The van der Waals surface area contributed by atoms with Gasteiger partial charge in [-0.15, -0.1) is 0 Å². The molecule has 15 heteroatoms. The number of anilines is 2. The Morgan fingerprint density at radius 2 is 1.58 bits per heavy atom. The number of hydrogen-bond donors (Lipinski definition) is 3. The van der Waals surface area contributed by atoms with Gasteiger partial charge in [-0.25, -0.2) is 14.2 Å². The fraction of sp³-hybridized carbons (Fsp3) is 0.130. The monoisotopic (exact) mass is 543 g/mol. The van der Waals surface area contributed by atoms with Crippen molar-refractivity contribution in [3.05, 3.63) is 66.0 Å². The highest BCUT2D eigenvalue weighted by Crippen LogP contribution is 2.43. The van der Waals surface area contributed by atoms with Gasteiger partial charge in [0.2, 0.25) is 5.95 Å². The van der Waals surface area contributed by atoms with Gasteiger partial charge in [-0.05, 0) is 48.5 Å². The van der Waals surface area contributed by atoms with E-state index in [1.807, 2.05) is 0 Å². The molecule has 200 valence electrons. The van der Waals surface area contributed by atoms with E-state index >= 15 is 0 Å². The summed E-state index contributed by atoms with van der Waals surface area (Å²) in [6.07, 6.45) is -9.75. The van der Waals surface area contributed by atoms with Gasteiger partial charge in [0.1, 0.15) is 23.1 Å². The number of rotatable bonds is 4. The molecule has 0 saturated carbocycles. The number of alkyl halides is 6. The first-order valence-corrected chi connectivity index (χ1v) is 10.3. The van der Waals surface area contributed by atoms with Crippen LogP contribution in [0.2, 0.25) is 0 Å². The van der Waals surface area contributed by atoms with Gasteiger partial charge in [0, 0.05) is 7.05 Å². The van der Waals surface area contributed by atoms with Gasteiger partial charge in [-0.1, -0.05) is 6.07 Å². The zero-order chi connectivity index (χ0) is 28.3. The van der Waals surface area contributed by atoms with E-state index in [0.717, 1.165) is 18.2 Å². The number of carboxylic acids is 1. The molecule has 4 N–H and O–H groups in total. The lowest BCUT2D eigenvalue weighted by Gasteiger charge is -2.17. The summed E-state index contributed by atoms with van der Waals surface area (Å²) in [7, 11) is 1.63. The minimum atomic E-state index is -5.08. The van der Waals surface area contributed by atoms with Crippen LogP contribution in [-0.4, -0.2) is 39.3 Å². The molecule has 0 aliphatic rings. The highest BCUT2D eigenvalue weighted by atomic mass is 19.4. The quantitative estimate of drug-likeness (QED) is 0.272. The summed E-state index contributed by atoms with van der Waals surface area (Å²) < 4.78 is 92.0. The Morgan fingerprint density at radius 3 is 2.13 bits per heavy atom. The van der Waals surface area contributed by atoms with Gasteiger partial charge in [0.05, 0.1) is 22.2 Å². The van der Waals surface area contributed by atoms with Crippen molar-refractivity contribution in [2.45, 2.75) is 12.4 Å². The van der Waals surface area contributed by atoms with Crippen molar-refractivity contribution in [3.63, 3.8) is 0 Å². The Labute approximate surface area is 208 Å². The minimum absolute atomic E-state index is 0.0160. The summed E-state index contributed by atoms with van der Waals surface area (Å²) in [5, 5.41) is 10.5. The van der Waals surface area contributed by atoms with E-state index in [0.29, 0.717) is 11.2 Å². The van der Waals surface area contributed by atoms with Crippen molar-refractivity contribution in [1.82, 2.24) is 15.0 Å². The van der Waals surface area contributed by atoms with Crippen LogP contribution < -0.4 is 15.8 Å². The number of aliphatic carboxylic acids is 1. The van der Waals surface area contributed by atoms with Crippen molar-refractivity contribution < 1.29 is 45.4 Å². The minimum Gasteiger partial charge on any atom is -0.475 e. The lowest BCUT2D eigenvalue weighted by molar-refractivity contribution is -0.192. The molecule has 38 heavy (non-hydrogen) atoms. The zero-order valence-corrected chi connectivity index (χ0v) is 19.0. The van der Waals surface area contributed by atoms with Crippen molar-refractivity contribution in [1.29, 1.82) is 0 Å². The van der Waals surface area contributed by atoms with E-state index in [1.165, 1.54) is 30.3 Å². The first-order valence-electron chi connectivity index (χ1n) is 10.3. The molecule has 4 aromatic rings. The van der Waals surface area contributed by atoms with Crippen LogP contribution in [-0.2, 0) is 11.0 Å². The second-order valence-electron chi connectivity index (χ2n) is 7.28. The van der Waals surface area contributed by atoms with Crippen LogP contribution in [0.1, 0.15) is 5.56 Å². The maximum atomic E-state index is 13.8. The molecule has 0 unspecified atom stereocenters. The number of pyridine rings is 1. The summed E-state index contributed by atoms with van der Waals surface area (Å²) in [4.78, 5) is 21.3. The number of nitrogen functional groups attached to an aromatic ring is 1. The number of hydrogen-bond acceptors (Lipinski definition) is 7. The molecular weight excluding hydrogens is 527 g/mol. The van der Waals surface area contributed by atoms with Crippen molar-refractivity contribution in [3.8, 4) is 22.8 Å². The van der Waals surface area contributed by atoms with Gasteiger partial charge in [-0.2, -0.15) is 36.3 Å². The number of halogens is 7. The van der Waals surface area contributed by atoms with Gasteiger partial charge in [-0.3, -0.25) is 0 Å². The van der Waals surface area contributed by atoms with Crippen LogP contribution in [0.4, 0.5) is 42.5 Å². The third kappa shape index (κ3) is 6.54. The number of aromatic nitrogens is 3. The van der Waals surface area contributed by atoms with Crippen LogP contribution in [0.5, 0.6) is 11.5 Å². The van der Waals surface area contributed by atoms with Crippen LogP contribution in [0.25, 0.3) is 22.3 Å². The second kappa shape index (κ2) is 10.7. The highest BCUT2D eigenvalue weighted by Gasteiger charge is 2.38. The van der Waals surface area contributed by atoms with E-state index in [4.69, 9.17) is 20.4 Å².